The highest BCUT2D eigenvalue weighted by Crippen LogP contribution is 2.40. The van der Waals surface area contributed by atoms with Crippen LogP contribution in [0.25, 0.3) is 10.9 Å². The molecule has 7 nitrogen and oxygen atoms in total. The first kappa shape index (κ1) is 22.0. The number of sulfone groups is 1. The number of aromatic amines is 1. The van der Waals surface area contributed by atoms with E-state index in [1.807, 2.05) is 0 Å². The van der Waals surface area contributed by atoms with Crippen molar-refractivity contribution in [2.75, 3.05) is 6.61 Å². The van der Waals surface area contributed by atoms with Gasteiger partial charge < -0.3 is 19.6 Å². The number of aromatic nitrogens is 1. The predicted octanol–water partition coefficient (Wildman–Crippen LogP) is 5.56. The van der Waals surface area contributed by atoms with Gasteiger partial charge in [-0.25, -0.2) is 13.2 Å². The summed E-state index contributed by atoms with van der Waals surface area (Å²) in [7, 11) is -3.75. The fourth-order valence-corrected chi connectivity index (χ4v) is 5.05. The highest BCUT2D eigenvalue weighted by atomic mass is 35.5. The zero-order valence-electron chi connectivity index (χ0n) is 16.2. The van der Waals surface area contributed by atoms with Gasteiger partial charge in [-0.2, -0.15) is 0 Å². The zero-order valence-corrected chi connectivity index (χ0v) is 18.5. The highest BCUT2D eigenvalue weighted by molar-refractivity contribution is 7.91. The van der Waals surface area contributed by atoms with Gasteiger partial charge in [-0.1, -0.05) is 41.4 Å². The average Bonchev–Trinajstić information content (AvgIpc) is 3.19. The van der Waals surface area contributed by atoms with Crippen LogP contribution < -0.4 is 9.47 Å². The molecule has 0 atom stereocenters. The molecule has 0 unspecified atom stereocenters. The van der Waals surface area contributed by atoms with Crippen LogP contribution in [0.3, 0.4) is 0 Å². The number of fused-ring (bicyclic) bond motifs is 1. The molecule has 164 valence electrons. The Morgan fingerprint density at radius 2 is 1.66 bits per heavy atom. The first-order chi connectivity index (χ1) is 15.3. The molecule has 0 radical (unpaired) electrons. The number of carboxylic acids is 1. The maximum absolute atomic E-state index is 13.1. The quantitative estimate of drug-likeness (QED) is 0.350. The Labute approximate surface area is 193 Å². The molecule has 4 rings (SSSR count). The molecule has 0 aliphatic rings. The Morgan fingerprint density at radius 3 is 2.31 bits per heavy atom. The third-order valence-electron chi connectivity index (χ3n) is 4.51. The number of rotatable bonds is 7. The van der Waals surface area contributed by atoms with Crippen molar-refractivity contribution in [3.05, 3.63) is 76.9 Å². The van der Waals surface area contributed by atoms with Crippen LogP contribution in [0, 0.1) is 0 Å². The molecule has 2 N–H and O–H groups in total. The lowest BCUT2D eigenvalue weighted by Crippen LogP contribution is -2.09. The van der Waals surface area contributed by atoms with Crippen LogP contribution in [0.1, 0.15) is 0 Å². The van der Waals surface area contributed by atoms with Crippen LogP contribution in [0.5, 0.6) is 17.2 Å². The molecule has 10 heteroatoms. The molecule has 0 fully saturated rings. The third kappa shape index (κ3) is 4.38. The first-order valence-corrected chi connectivity index (χ1v) is 11.4. The molecule has 4 aromatic rings. The Balaban J connectivity index is 1.69. The SMILES string of the molecule is O=C(O)COc1cc(Cl)c(Oc2ccc3[nH]cc(S(=O)(=O)c4ccccc4)c3c2)c(Cl)c1. The minimum absolute atomic E-state index is 0.101. The van der Waals surface area contributed by atoms with Crippen LogP contribution in [-0.4, -0.2) is 31.1 Å². The molecular formula is C22H15Cl2NO6S. The second-order valence-electron chi connectivity index (χ2n) is 6.68. The van der Waals surface area contributed by atoms with E-state index in [2.05, 4.69) is 4.98 Å². The third-order valence-corrected chi connectivity index (χ3v) is 6.88. The predicted molar refractivity (Wildman–Crippen MR) is 120 cm³/mol. The number of ether oxygens (including phenoxy) is 2. The van der Waals surface area contributed by atoms with E-state index in [0.717, 1.165) is 0 Å². The summed E-state index contributed by atoms with van der Waals surface area (Å²) in [4.78, 5) is 13.9. The molecule has 0 saturated carbocycles. The van der Waals surface area contributed by atoms with Crippen molar-refractivity contribution in [1.29, 1.82) is 0 Å². The summed E-state index contributed by atoms with van der Waals surface area (Å²) in [6.07, 6.45) is 1.44. The van der Waals surface area contributed by atoms with Gasteiger partial charge in [0.25, 0.3) is 0 Å². The molecule has 0 amide bonds. The summed E-state index contributed by atoms with van der Waals surface area (Å²) < 4.78 is 37.1. The fourth-order valence-electron chi connectivity index (χ4n) is 3.07. The Morgan fingerprint density at radius 1 is 0.969 bits per heavy atom. The largest absolute Gasteiger partial charge is 0.482 e. The lowest BCUT2D eigenvalue weighted by Gasteiger charge is -2.12. The van der Waals surface area contributed by atoms with Crippen molar-refractivity contribution >= 4 is 49.9 Å². The van der Waals surface area contributed by atoms with Crippen LogP contribution >= 0.6 is 23.2 Å². The number of carbonyl (C=O) groups is 1. The summed E-state index contributed by atoms with van der Waals surface area (Å²) in [5.41, 5.74) is 0.612. The van der Waals surface area contributed by atoms with E-state index < -0.39 is 22.4 Å². The van der Waals surface area contributed by atoms with Crippen LogP contribution in [0.2, 0.25) is 10.0 Å². The second kappa shape index (κ2) is 8.74. The molecule has 0 spiro atoms. The number of hydrogen-bond acceptors (Lipinski definition) is 5. The molecule has 1 heterocycles. The first-order valence-electron chi connectivity index (χ1n) is 9.18. The number of nitrogens with one attached hydrogen (secondary N) is 1. The minimum Gasteiger partial charge on any atom is -0.482 e. The van der Waals surface area contributed by atoms with Crippen molar-refractivity contribution in [1.82, 2.24) is 4.98 Å². The second-order valence-corrected chi connectivity index (χ2v) is 9.41. The Hall–Kier alpha value is -3.20. The number of aliphatic carboxylic acids is 1. The number of carboxylic acid groups (broad SMARTS) is 1. The van der Waals surface area contributed by atoms with Crippen LogP contribution in [-0.2, 0) is 14.6 Å². The van der Waals surface area contributed by atoms with Crippen molar-refractivity contribution in [3.8, 4) is 17.2 Å². The van der Waals surface area contributed by atoms with Gasteiger partial charge in [0, 0.05) is 29.2 Å². The highest BCUT2D eigenvalue weighted by Gasteiger charge is 2.22. The lowest BCUT2D eigenvalue weighted by atomic mass is 10.2. The van der Waals surface area contributed by atoms with Crippen molar-refractivity contribution in [3.63, 3.8) is 0 Å². The number of H-pyrrole nitrogens is 1. The Kier molecular flexibility index (Phi) is 6.01. The van der Waals surface area contributed by atoms with E-state index in [9.17, 15) is 13.2 Å². The number of halogens is 2. The zero-order chi connectivity index (χ0) is 22.9. The summed E-state index contributed by atoms with van der Waals surface area (Å²) in [5, 5.41) is 9.37. The van der Waals surface area contributed by atoms with E-state index in [0.29, 0.717) is 16.7 Å². The van der Waals surface area contributed by atoms with E-state index in [-0.39, 0.29) is 31.3 Å². The molecule has 0 saturated heterocycles. The normalized spacial score (nSPS) is 11.4. The topological polar surface area (TPSA) is 106 Å². The van der Waals surface area contributed by atoms with Gasteiger partial charge in [-0.05, 0) is 30.3 Å². The molecule has 0 aliphatic carbocycles. The lowest BCUT2D eigenvalue weighted by molar-refractivity contribution is -0.139. The van der Waals surface area contributed by atoms with Crippen LogP contribution in [0.4, 0.5) is 0 Å². The number of benzene rings is 3. The van der Waals surface area contributed by atoms with Gasteiger partial charge in [0.05, 0.1) is 19.8 Å². The van der Waals surface area contributed by atoms with E-state index in [1.54, 1.807) is 36.4 Å². The van der Waals surface area contributed by atoms with E-state index in [1.165, 1.54) is 30.5 Å². The molecule has 3 aromatic carbocycles. The summed E-state index contributed by atoms with van der Waals surface area (Å²) in [6, 6.07) is 15.8. The molecular weight excluding hydrogens is 477 g/mol. The smallest absolute Gasteiger partial charge is 0.341 e. The Bertz CT molecular complexity index is 1390. The molecule has 0 bridgehead atoms. The van der Waals surface area contributed by atoms with Gasteiger partial charge in [0.2, 0.25) is 9.84 Å². The summed E-state index contributed by atoms with van der Waals surface area (Å²) in [6.45, 7) is -0.546. The maximum Gasteiger partial charge on any atom is 0.341 e. The fraction of sp³-hybridized carbons (Fsp3) is 0.0455. The van der Waals surface area contributed by atoms with Gasteiger partial charge in [0.1, 0.15) is 11.5 Å². The van der Waals surface area contributed by atoms with Crippen molar-refractivity contribution in [2.45, 2.75) is 9.79 Å². The van der Waals surface area contributed by atoms with Gasteiger partial charge >= 0.3 is 5.97 Å². The summed E-state index contributed by atoms with van der Waals surface area (Å²) >= 11 is 12.5. The van der Waals surface area contributed by atoms with Crippen LogP contribution in [0.15, 0.2) is 76.7 Å². The number of hydrogen-bond donors (Lipinski definition) is 2. The van der Waals surface area contributed by atoms with Gasteiger partial charge in [-0.3, -0.25) is 0 Å². The van der Waals surface area contributed by atoms with E-state index >= 15 is 0 Å². The van der Waals surface area contributed by atoms with Crippen molar-refractivity contribution in [2.24, 2.45) is 0 Å². The van der Waals surface area contributed by atoms with Gasteiger partial charge in [0.15, 0.2) is 12.4 Å². The standard InChI is InChI=1S/C22H15Cl2NO6S/c23-17-9-14(30-12-21(26)27)10-18(24)22(17)31-13-6-7-19-16(8-13)20(11-25-19)32(28,29)15-4-2-1-3-5-15/h1-11,25H,12H2,(H,26,27). The monoisotopic (exact) mass is 491 g/mol. The van der Waals surface area contributed by atoms with Gasteiger partial charge in [-0.15, -0.1) is 0 Å². The minimum atomic E-state index is -3.75. The summed E-state index contributed by atoms with van der Waals surface area (Å²) in [5.74, 6) is -0.534. The maximum atomic E-state index is 13.1. The molecule has 1 aromatic heterocycles. The van der Waals surface area contributed by atoms with E-state index in [4.69, 9.17) is 37.8 Å². The van der Waals surface area contributed by atoms with Crippen molar-refractivity contribution < 1.29 is 27.8 Å². The molecule has 32 heavy (non-hydrogen) atoms. The average molecular weight is 492 g/mol. The molecule has 0 aliphatic heterocycles.